The smallest absolute Gasteiger partial charge is 0.230 e. The minimum Gasteiger partial charge on any atom is -0.366 e. The zero-order chi connectivity index (χ0) is 29.1. The second kappa shape index (κ2) is 14.3. The molecule has 2 heteroatoms. The van der Waals surface area contributed by atoms with Crippen LogP contribution < -0.4 is 14.9 Å². The van der Waals surface area contributed by atoms with E-state index < -0.39 is 8.24 Å². The fourth-order valence-corrected chi connectivity index (χ4v) is 12.0. The van der Waals surface area contributed by atoms with Crippen LogP contribution in [0, 0.1) is 0 Å². The molecule has 0 heterocycles. The van der Waals surface area contributed by atoms with Crippen molar-refractivity contribution in [1.82, 2.24) is 0 Å². The van der Waals surface area contributed by atoms with Crippen molar-refractivity contribution in [2.45, 2.75) is 70.8 Å². The molecule has 0 N–H and O–H groups in total. The monoisotopic (exact) mass is 557 g/mol. The number of nitrogens with zero attached hydrogens (tertiary/aromatic N) is 1. The maximum absolute atomic E-state index is 4.19. The maximum Gasteiger partial charge on any atom is 0.230 e. The average molecular weight is 558 g/mol. The van der Waals surface area contributed by atoms with Crippen molar-refractivity contribution in [1.29, 1.82) is 0 Å². The van der Waals surface area contributed by atoms with Crippen LogP contribution in [-0.2, 0) is 0 Å². The molecule has 0 bridgehead atoms. The third-order valence-electron chi connectivity index (χ3n) is 8.28. The van der Waals surface area contributed by atoms with Crippen molar-refractivity contribution in [3.63, 3.8) is 0 Å². The molecule has 0 aliphatic heterocycles. The Morgan fingerprint density at radius 1 is 0.732 bits per heavy atom. The third-order valence-corrected chi connectivity index (χ3v) is 13.9. The fraction of sp³-hybridized carbons (Fsp3) is 0.282. The van der Waals surface area contributed by atoms with Crippen molar-refractivity contribution in [2.24, 2.45) is 0 Å². The highest BCUT2D eigenvalue weighted by atomic mass is 28.3. The van der Waals surface area contributed by atoms with Gasteiger partial charge in [0.25, 0.3) is 0 Å². The lowest BCUT2D eigenvalue weighted by molar-refractivity contribution is 0.664. The number of benzene rings is 4. The highest BCUT2D eigenvalue weighted by Gasteiger charge is 2.53. The summed E-state index contributed by atoms with van der Waals surface area (Å²) in [6, 6.07) is 44.7. The molecule has 0 amide bonds. The summed E-state index contributed by atoms with van der Waals surface area (Å²) in [6.45, 7) is 13.8. The van der Waals surface area contributed by atoms with Crippen LogP contribution in [0.15, 0.2) is 146 Å². The summed E-state index contributed by atoms with van der Waals surface area (Å²) in [5.74, 6) is 0.287. The van der Waals surface area contributed by atoms with Crippen LogP contribution in [0.25, 0.3) is 0 Å². The minimum atomic E-state index is -2.67. The molecule has 212 valence electrons. The van der Waals surface area contributed by atoms with E-state index in [1.807, 2.05) is 0 Å². The van der Waals surface area contributed by atoms with Gasteiger partial charge in [0.05, 0.1) is 0 Å². The molecule has 0 saturated carbocycles. The lowest BCUT2D eigenvalue weighted by Crippen LogP contribution is -2.74. The van der Waals surface area contributed by atoms with Gasteiger partial charge in [-0.25, -0.2) is 0 Å². The Kier molecular flexibility index (Phi) is 10.6. The van der Waals surface area contributed by atoms with Gasteiger partial charge in [-0.05, 0) is 64.1 Å². The van der Waals surface area contributed by atoms with Gasteiger partial charge in [0, 0.05) is 11.6 Å². The number of unbranched alkanes of at least 4 members (excludes halogenated alkanes) is 2. The van der Waals surface area contributed by atoms with Crippen LogP contribution in [0.4, 0.5) is 5.69 Å². The highest BCUT2D eigenvalue weighted by Crippen LogP contribution is 2.42. The predicted octanol–water partition coefficient (Wildman–Crippen LogP) is 9.88. The third kappa shape index (κ3) is 6.82. The number of anilines is 1. The lowest BCUT2D eigenvalue weighted by atomic mass is 9.86. The van der Waals surface area contributed by atoms with Crippen LogP contribution in [-0.4, -0.2) is 8.24 Å². The minimum absolute atomic E-state index is 0.0305. The van der Waals surface area contributed by atoms with E-state index in [1.165, 1.54) is 46.5 Å². The first-order valence-corrected chi connectivity index (χ1v) is 17.2. The molecule has 0 radical (unpaired) electrons. The second-order valence-electron chi connectivity index (χ2n) is 12.0. The van der Waals surface area contributed by atoms with E-state index in [1.54, 1.807) is 0 Å². The SMILES string of the molecule is C=CCC(C(=CN(c1ccccc1)[Si](c1ccccc1)(c1ccccc1)C(C)(C)C)CCCCC)c1ccccc1. The van der Waals surface area contributed by atoms with Gasteiger partial charge in [-0.1, -0.05) is 156 Å². The van der Waals surface area contributed by atoms with E-state index >= 15 is 0 Å². The van der Waals surface area contributed by atoms with Crippen molar-refractivity contribution >= 4 is 24.3 Å². The predicted molar refractivity (Wildman–Crippen MR) is 183 cm³/mol. The molecule has 0 aromatic heterocycles. The zero-order valence-electron chi connectivity index (χ0n) is 25.5. The average Bonchev–Trinajstić information content (AvgIpc) is 3.00. The molecule has 0 saturated heterocycles. The van der Waals surface area contributed by atoms with Crippen molar-refractivity contribution in [2.75, 3.05) is 4.57 Å². The van der Waals surface area contributed by atoms with E-state index in [4.69, 9.17) is 0 Å². The van der Waals surface area contributed by atoms with E-state index in [0.29, 0.717) is 0 Å². The number of para-hydroxylation sites is 1. The molecule has 1 unspecified atom stereocenters. The first-order valence-electron chi connectivity index (χ1n) is 15.2. The molecule has 4 aromatic carbocycles. The largest absolute Gasteiger partial charge is 0.366 e. The second-order valence-corrected chi connectivity index (χ2v) is 16.6. The molecule has 0 fully saturated rings. The molecule has 4 rings (SSSR count). The molecule has 0 aliphatic carbocycles. The Hall–Kier alpha value is -3.62. The maximum atomic E-state index is 4.19. The number of hydrogen-bond acceptors (Lipinski definition) is 1. The Labute approximate surface area is 250 Å². The number of hydrogen-bond donors (Lipinski definition) is 0. The molecule has 4 aromatic rings. The first kappa shape index (κ1) is 30.3. The van der Waals surface area contributed by atoms with Crippen LogP contribution in [0.3, 0.4) is 0 Å². The standard InChI is InChI=1S/C39H47NSi/c1-6-8-13-25-34(38(22-7-2)33-23-14-9-15-24-33)32-40(35-26-16-10-17-27-35)41(39(3,4)5,36-28-18-11-19-29-36)37-30-20-12-21-31-37/h7,9-12,14-21,23-24,26-32,38H,2,6,8,13,22,25H2,1,3-5H3. The summed E-state index contributed by atoms with van der Waals surface area (Å²) in [5, 5.41) is 2.82. The number of rotatable bonds is 13. The molecule has 0 aliphatic rings. The van der Waals surface area contributed by atoms with Gasteiger partial charge in [0.2, 0.25) is 8.24 Å². The van der Waals surface area contributed by atoms with Crippen LogP contribution in [0.5, 0.6) is 0 Å². The first-order chi connectivity index (χ1) is 19.9. The van der Waals surface area contributed by atoms with Crippen LogP contribution >= 0.6 is 0 Å². The Morgan fingerprint density at radius 3 is 1.68 bits per heavy atom. The Bertz CT molecular complexity index is 1320. The van der Waals surface area contributed by atoms with Crippen molar-refractivity contribution in [3.8, 4) is 0 Å². The highest BCUT2D eigenvalue weighted by molar-refractivity contribution is 7.07. The van der Waals surface area contributed by atoms with E-state index in [2.05, 4.69) is 172 Å². The van der Waals surface area contributed by atoms with Gasteiger partial charge in [-0.2, -0.15) is 0 Å². The van der Waals surface area contributed by atoms with Crippen molar-refractivity contribution < 1.29 is 0 Å². The quantitative estimate of drug-likeness (QED) is 0.0898. The molecule has 41 heavy (non-hydrogen) atoms. The normalized spacial score (nSPS) is 13.0. The molecule has 1 nitrogen and oxygen atoms in total. The van der Waals surface area contributed by atoms with E-state index in [0.717, 1.165) is 12.8 Å². The molecule has 1 atom stereocenters. The Morgan fingerprint density at radius 2 is 1.22 bits per heavy atom. The summed E-state index contributed by atoms with van der Waals surface area (Å²) in [6.07, 6.45) is 10.3. The van der Waals surface area contributed by atoms with Gasteiger partial charge in [0.1, 0.15) is 0 Å². The molecular formula is C39H47NSi. The Balaban J connectivity index is 2.08. The van der Waals surface area contributed by atoms with Gasteiger partial charge in [-0.15, -0.1) is 6.58 Å². The summed E-state index contributed by atoms with van der Waals surface area (Å²) in [5.41, 5.74) is 4.10. The molecule has 0 spiro atoms. The molecular weight excluding hydrogens is 511 g/mol. The van der Waals surface area contributed by atoms with E-state index in [9.17, 15) is 0 Å². The number of allylic oxidation sites excluding steroid dienone is 2. The fourth-order valence-electron chi connectivity index (χ4n) is 6.41. The van der Waals surface area contributed by atoms with Gasteiger partial charge < -0.3 is 4.57 Å². The van der Waals surface area contributed by atoms with Crippen LogP contribution in [0.2, 0.25) is 5.04 Å². The topological polar surface area (TPSA) is 3.24 Å². The summed E-state index contributed by atoms with van der Waals surface area (Å²) < 4.78 is 2.73. The van der Waals surface area contributed by atoms with Crippen molar-refractivity contribution in [3.05, 3.63) is 151 Å². The summed E-state index contributed by atoms with van der Waals surface area (Å²) >= 11 is 0. The van der Waals surface area contributed by atoms with Gasteiger partial charge in [0.15, 0.2) is 0 Å². The van der Waals surface area contributed by atoms with Gasteiger partial charge in [-0.3, -0.25) is 0 Å². The summed E-state index contributed by atoms with van der Waals surface area (Å²) in [7, 11) is -2.67. The van der Waals surface area contributed by atoms with E-state index in [-0.39, 0.29) is 11.0 Å². The van der Waals surface area contributed by atoms with Crippen LogP contribution in [0.1, 0.15) is 71.3 Å². The summed E-state index contributed by atoms with van der Waals surface area (Å²) in [4.78, 5) is 0. The lowest BCUT2D eigenvalue weighted by Gasteiger charge is -2.51. The van der Waals surface area contributed by atoms with Gasteiger partial charge >= 0.3 is 0 Å². The zero-order valence-corrected chi connectivity index (χ0v) is 26.5.